The van der Waals surface area contributed by atoms with Crippen LogP contribution in [0.15, 0.2) is 30.3 Å². The minimum absolute atomic E-state index is 0.435. The monoisotopic (exact) mass is 152 g/mol. The van der Waals surface area contributed by atoms with Crippen molar-refractivity contribution >= 4 is 0 Å². The lowest BCUT2D eigenvalue weighted by Gasteiger charge is -2.08. The van der Waals surface area contributed by atoms with E-state index in [0.29, 0.717) is 5.56 Å². The number of ether oxygens (including phenoxy) is 1. The van der Waals surface area contributed by atoms with Gasteiger partial charge in [-0.05, 0) is 18.9 Å². The molecule has 0 bridgehead atoms. The third kappa shape index (κ3) is 2.72. The summed E-state index contributed by atoms with van der Waals surface area (Å²) < 4.78 is 20.6. The molecule has 0 N–H and O–H groups in total. The van der Waals surface area contributed by atoms with Crippen molar-refractivity contribution in [3.63, 3.8) is 0 Å². The van der Waals surface area contributed by atoms with Crippen LogP contribution >= 0.6 is 0 Å². The van der Waals surface area contributed by atoms with Crippen LogP contribution in [0.25, 0.3) is 0 Å². The molecule has 0 saturated carbocycles. The maximum Gasteiger partial charge on any atom is 0.0583 e. The maximum atomic E-state index is 7.81. The van der Waals surface area contributed by atoms with Crippen LogP contribution in [0.4, 0.5) is 0 Å². The van der Waals surface area contributed by atoms with E-state index < -0.39 is 12.5 Å². The third-order valence-electron chi connectivity index (χ3n) is 1.50. The van der Waals surface area contributed by atoms with Gasteiger partial charge in [-0.15, -0.1) is 0 Å². The summed E-state index contributed by atoms with van der Waals surface area (Å²) in [5.41, 5.74) is 0.657. The van der Waals surface area contributed by atoms with E-state index in [1.807, 2.05) is 18.2 Å². The topological polar surface area (TPSA) is 9.23 Å². The first-order valence-electron chi connectivity index (χ1n) is 4.67. The summed E-state index contributed by atoms with van der Waals surface area (Å²) in [5.74, 6) is 0. The third-order valence-corrected chi connectivity index (χ3v) is 1.50. The smallest absolute Gasteiger partial charge is 0.0583 e. The van der Waals surface area contributed by atoms with Gasteiger partial charge >= 0.3 is 0 Å². The van der Waals surface area contributed by atoms with E-state index in [1.54, 1.807) is 19.1 Å². The van der Waals surface area contributed by atoms with Gasteiger partial charge in [-0.25, -0.2) is 0 Å². The standard InChI is InChI=1S/C10H14O/c1-9(11-2)8-10-6-4-3-5-7-10/h3-7,9H,8H2,1-2H3/i8D2. The van der Waals surface area contributed by atoms with E-state index in [2.05, 4.69) is 0 Å². The Kier molecular flexibility index (Phi) is 2.18. The Balaban J connectivity index is 2.93. The number of methoxy groups -OCH3 is 1. The molecule has 1 aromatic rings. The lowest BCUT2D eigenvalue weighted by atomic mass is 10.1. The van der Waals surface area contributed by atoms with Crippen LogP contribution in [0.1, 0.15) is 15.2 Å². The van der Waals surface area contributed by atoms with E-state index >= 15 is 0 Å². The molecular formula is C10H14O. The molecule has 1 heteroatoms. The Bertz CT molecular complexity index is 259. The highest BCUT2D eigenvalue weighted by molar-refractivity contribution is 5.15. The van der Waals surface area contributed by atoms with Gasteiger partial charge in [0.2, 0.25) is 0 Å². The Labute approximate surface area is 70.8 Å². The summed E-state index contributed by atoms with van der Waals surface area (Å²) in [5, 5.41) is 0. The fourth-order valence-corrected chi connectivity index (χ4v) is 0.828. The van der Waals surface area contributed by atoms with Gasteiger partial charge < -0.3 is 4.74 Å². The molecule has 0 aliphatic carbocycles. The van der Waals surface area contributed by atoms with E-state index in [-0.39, 0.29) is 0 Å². The Morgan fingerprint density at radius 2 is 2.09 bits per heavy atom. The molecule has 1 unspecified atom stereocenters. The van der Waals surface area contributed by atoms with Crippen LogP contribution in [0.3, 0.4) is 0 Å². The first-order valence-corrected chi connectivity index (χ1v) is 3.67. The van der Waals surface area contributed by atoms with Crippen molar-refractivity contribution in [3.05, 3.63) is 35.9 Å². The highest BCUT2D eigenvalue weighted by atomic mass is 16.5. The first kappa shape index (κ1) is 5.78. The number of hydrogen-bond acceptors (Lipinski definition) is 1. The van der Waals surface area contributed by atoms with Gasteiger partial charge in [0.25, 0.3) is 0 Å². The van der Waals surface area contributed by atoms with Crippen molar-refractivity contribution in [2.45, 2.75) is 19.4 Å². The van der Waals surface area contributed by atoms with Gasteiger partial charge in [-0.1, -0.05) is 30.3 Å². The zero-order valence-corrected chi connectivity index (χ0v) is 6.87. The SMILES string of the molecule is [2H]C([2H])(c1ccccc1)C(C)OC. The summed E-state index contributed by atoms with van der Waals surface area (Å²) in [4.78, 5) is 0. The minimum atomic E-state index is -1.42. The molecule has 0 heterocycles. The molecule has 11 heavy (non-hydrogen) atoms. The molecular weight excluding hydrogens is 136 g/mol. The lowest BCUT2D eigenvalue weighted by molar-refractivity contribution is 0.119. The normalized spacial score (nSPS) is 16.9. The van der Waals surface area contributed by atoms with Crippen LogP contribution in [0.5, 0.6) is 0 Å². The molecule has 0 aliphatic rings. The Morgan fingerprint density at radius 3 is 2.64 bits per heavy atom. The second-order valence-corrected chi connectivity index (χ2v) is 2.39. The molecule has 0 amide bonds. The van der Waals surface area contributed by atoms with Crippen molar-refractivity contribution < 1.29 is 7.48 Å². The molecule has 0 saturated heterocycles. The minimum Gasteiger partial charge on any atom is -0.381 e. The van der Waals surface area contributed by atoms with Crippen LogP contribution < -0.4 is 0 Å². The summed E-state index contributed by atoms with van der Waals surface area (Å²) in [7, 11) is 1.52. The van der Waals surface area contributed by atoms with E-state index in [0.717, 1.165) is 0 Å². The fraction of sp³-hybridized carbons (Fsp3) is 0.400. The van der Waals surface area contributed by atoms with E-state index in [9.17, 15) is 0 Å². The highest BCUT2D eigenvalue weighted by Gasteiger charge is 1.99. The van der Waals surface area contributed by atoms with Crippen LogP contribution in [-0.2, 0) is 11.1 Å². The summed E-state index contributed by atoms with van der Waals surface area (Å²) in [6.45, 7) is 1.73. The molecule has 0 aliphatic heterocycles. The van der Waals surface area contributed by atoms with Gasteiger partial charge in [-0.2, -0.15) is 0 Å². The van der Waals surface area contributed by atoms with Gasteiger partial charge in [0, 0.05) is 9.85 Å². The van der Waals surface area contributed by atoms with Crippen molar-refractivity contribution in [1.82, 2.24) is 0 Å². The average molecular weight is 152 g/mol. The molecule has 1 aromatic carbocycles. The Hall–Kier alpha value is -0.820. The van der Waals surface area contributed by atoms with Crippen LogP contribution in [0.2, 0.25) is 0 Å². The number of hydrogen-bond donors (Lipinski definition) is 0. The molecule has 0 fully saturated rings. The number of rotatable bonds is 3. The van der Waals surface area contributed by atoms with Gasteiger partial charge in [-0.3, -0.25) is 0 Å². The van der Waals surface area contributed by atoms with Crippen molar-refractivity contribution in [3.8, 4) is 0 Å². The van der Waals surface area contributed by atoms with Crippen molar-refractivity contribution in [2.75, 3.05) is 7.11 Å². The first-order chi connectivity index (χ1) is 6.09. The maximum absolute atomic E-state index is 7.81. The molecule has 1 atom stereocenters. The molecule has 1 nitrogen and oxygen atoms in total. The predicted octanol–water partition coefficient (Wildman–Crippen LogP) is 2.26. The largest absolute Gasteiger partial charge is 0.381 e. The summed E-state index contributed by atoms with van der Waals surface area (Å²) in [6.07, 6.45) is -1.86. The second kappa shape index (κ2) is 4.14. The van der Waals surface area contributed by atoms with Gasteiger partial charge in [0.15, 0.2) is 0 Å². The molecule has 60 valence electrons. The van der Waals surface area contributed by atoms with Crippen LogP contribution in [0, 0.1) is 0 Å². The summed E-state index contributed by atoms with van der Waals surface area (Å²) in [6, 6.07) is 9.08. The zero-order valence-electron chi connectivity index (χ0n) is 8.87. The predicted molar refractivity (Wildman–Crippen MR) is 46.6 cm³/mol. The van der Waals surface area contributed by atoms with E-state index in [1.165, 1.54) is 7.11 Å². The molecule has 0 radical (unpaired) electrons. The molecule has 0 spiro atoms. The van der Waals surface area contributed by atoms with Crippen molar-refractivity contribution in [1.29, 1.82) is 0 Å². The Morgan fingerprint density at radius 1 is 1.45 bits per heavy atom. The van der Waals surface area contributed by atoms with Crippen molar-refractivity contribution in [2.24, 2.45) is 0 Å². The number of benzene rings is 1. The second-order valence-electron chi connectivity index (χ2n) is 2.39. The zero-order chi connectivity index (χ0) is 9.90. The summed E-state index contributed by atoms with van der Waals surface area (Å²) >= 11 is 0. The fourth-order valence-electron chi connectivity index (χ4n) is 0.828. The lowest BCUT2D eigenvalue weighted by Crippen LogP contribution is -2.07. The van der Waals surface area contributed by atoms with Gasteiger partial charge in [0.05, 0.1) is 6.10 Å². The molecule has 1 rings (SSSR count). The van der Waals surface area contributed by atoms with E-state index in [4.69, 9.17) is 7.48 Å². The molecule has 0 aromatic heterocycles. The quantitative estimate of drug-likeness (QED) is 0.645. The highest BCUT2D eigenvalue weighted by Crippen LogP contribution is 2.03. The van der Waals surface area contributed by atoms with Gasteiger partial charge in [0.1, 0.15) is 0 Å². The van der Waals surface area contributed by atoms with Crippen LogP contribution in [-0.4, -0.2) is 13.2 Å². The average Bonchev–Trinajstić information content (AvgIpc) is 2.18.